The number of amides is 1. The van der Waals surface area contributed by atoms with Crippen LogP contribution in [-0.2, 0) is 16.1 Å². The van der Waals surface area contributed by atoms with Crippen LogP contribution in [0.4, 0.5) is 4.39 Å². The van der Waals surface area contributed by atoms with Crippen molar-refractivity contribution in [3.63, 3.8) is 0 Å². The molecule has 2 rings (SSSR count). The van der Waals surface area contributed by atoms with Crippen molar-refractivity contribution in [2.24, 2.45) is 0 Å². The van der Waals surface area contributed by atoms with Gasteiger partial charge in [0.25, 0.3) is 5.91 Å². The number of carbonyl (C=O) groups is 2. The minimum absolute atomic E-state index is 0.0620. The van der Waals surface area contributed by atoms with E-state index in [4.69, 9.17) is 16.3 Å². The Morgan fingerprint density at radius 1 is 1.22 bits per heavy atom. The zero-order valence-electron chi connectivity index (χ0n) is 12.4. The number of nitrogens with one attached hydrogen (secondary N) is 1. The number of aryl methyl sites for hydroxylation is 1. The van der Waals surface area contributed by atoms with Gasteiger partial charge in [0.1, 0.15) is 5.82 Å². The summed E-state index contributed by atoms with van der Waals surface area (Å²) in [5.74, 6) is -1.72. The van der Waals surface area contributed by atoms with Gasteiger partial charge in [-0.2, -0.15) is 0 Å². The van der Waals surface area contributed by atoms with E-state index < -0.39 is 24.3 Å². The molecule has 0 fully saturated rings. The third-order valence-corrected chi connectivity index (χ3v) is 3.54. The Kier molecular flexibility index (Phi) is 5.71. The van der Waals surface area contributed by atoms with Gasteiger partial charge in [-0.3, -0.25) is 4.79 Å². The fourth-order valence-corrected chi connectivity index (χ4v) is 2.02. The number of hydrogen-bond donors (Lipinski definition) is 1. The number of ether oxygens (including phenoxy) is 1. The molecule has 120 valence electrons. The largest absolute Gasteiger partial charge is 0.452 e. The van der Waals surface area contributed by atoms with Gasteiger partial charge in [-0.15, -0.1) is 0 Å². The summed E-state index contributed by atoms with van der Waals surface area (Å²) in [5, 5.41) is 3.13. The number of carbonyl (C=O) groups excluding carboxylic acids is 2. The van der Waals surface area contributed by atoms with Crippen LogP contribution in [-0.4, -0.2) is 18.5 Å². The highest BCUT2D eigenvalue weighted by molar-refractivity contribution is 6.31. The molecule has 0 bridgehead atoms. The summed E-state index contributed by atoms with van der Waals surface area (Å²) in [6, 6.07) is 11.1. The molecule has 2 aromatic rings. The molecule has 2 aromatic carbocycles. The van der Waals surface area contributed by atoms with Gasteiger partial charge in [-0.25, -0.2) is 9.18 Å². The quantitative estimate of drug-likeness (QED) is 0.853. The van der Waals surface area contributed by atoms with Crippen molar-refractivity contribution in [3.05, 3.63) is 70.0 Å². The molecule has 0 saturated heterocycles. The minimum Gasteiger partial charge on any atom is -0.452 e. The third-order valence-electron chi connectivity index (χ3n) is 3.18. The maximum absolute atomic E-state index is 13.4. The highest BCUT2D eigenvalue weighted by atomic mass is 35.5. The average Bonchev–Trinajstić information content (AvgIpc) is 2.54. The smallest absolute Gasteiger partial charge is 0.338 e. The lowest BCUT2D eigenvalue weighted by atomic mass is 10.1. The summed E-state index contributed by atoms with van der Waals surface area (Å²) >= 11 is 5.97. The van der Waals surface area contributed by atoms with Gasteiger partial charge in [0.15, 0.2) is 6.61 Å². The Hall–Kier alpha value is -2.40. The monoisotopic (exact) mass is 335 g/mol. The van der Waals surface area contributed by atoms with E-state index in [0.717, 1.165) is 11.6 Å². The number of esters is 1. The Morgan fingerprint density at radius 3 is 2.65 bits per heavy atom. The molecule has 0 spiro atoms. The SMILES string of the molecule is Cc1ccc(C(=O)OCC(=O)NCc2ccccc2Cl)cc1F. The van der Waals surface area contributed by atoms with Crippen LogP contribution in [0.3, 0.4) is 0 Å². The Labute approximate surface area is 138 Å². The van der Waals surface area contributed by atoms with Crippen LogP contribution in [0.15, 0.2) is 42.5 Å². The van der Waals surface area contributed by atoms with E-state index in [9.17, 15) is 14.0 Å². The van der Waals surface area contributed by atoms with E-state index in [2.05, 4.69) is 5.32 Å². The summed E-state index contributed by atoms with van der Waals surface area (Å²) < 4.78 is 18.2. The van der Waals surface area contributed by atoms with Crippen LogP contribution in [0.1, 0.15) is 21.5 Å². The Bertz CT molecular complexity index is 734. The topological polar surface area (TPSA) is 55.4 Å². The van der Waals surface area contributed by atoms with E-state index in [-0.39, 0.29) is 12.1 Å². The molecule has 0 saturated carbocycles. The highest BCUT2D eigenvalue weighted by Gasteiger charge is 2.12. The van der Waals surface area contributed by atoms with Gasteiger partial charge >= 0.3 is 5.97 Å². The number of halogens is 2. The lowest BCUT2D eigenvalue weighted by Crippen LogP contribution is -2.28. The van der Waals surface area contributed by atoms with Crippen molar-refractivity contribution in [1.82, 2.24) is 5.32 Å². The zero-order valence-corrected chi connectivity index (χ0v) is 13.2. The third kappa shape index (κ3) is 4.79. The second-order valence-electron chi connectivity index (χ2n) is 4.91. The second-order valence-corrected chi connectivity index (χ2v) is 5.32. The summed E-state index contributed by atoms with van der Waals surface area (Å²) in [4.78, 5) is 23.4. The Morgan fingerprint density at radius 2 is 1.96 bits per heavy atom. The maximum atomic E-state index is 13.4. The molecule has 0 aliphatic heterocycles. The predicted molar refractivity (Wildman–Crippen MR) is 84.7 cm³/mol. The van der Waals surface area contributed by atoms with Gasteiger partial charge < -0.3 is 10.1 Å². The minimum atomic E-state index is -0.753. The molecule has 6 heteroatoms. The van der Waals surface area contributed by atoms with Gasteiger partial charge in [0, 0.05) is 11.6 Å². The van der Waals surface area contributed by atoms with Crippen molar-refractivity contribution < 1.29 is 18.7 Å². The molecule has 1 N–H and O–H groups in total. The van der Waals surface area contributed by atoms with Crippen LogP contribution < -0.4 is 5.32 Å². The molecule has 0 unspecified atom stereocenters. The Balaban J connectivity index is 1.83. The van der Waals surface area contributed by atoms with E-state index >= 15 is 0 Å². The fraction of sp³-hybridized carbons (Fsp3) is 0.176. The molecule has 0 aliphatic carbocycles. The maximum Gasteiger partial charge on any atom is 0.338 e. The van der Waals surface area contributed by atoms with E-state index in [1.54, 1.807) is 31.2 Å². The van der Waals surface area contributed by atoms with Crippen molar-refractivity contribution in [2.45, 2.75) is 13.5 Å². The molecule has 0 radical (unpaired) electrons. The van der Waals surface area contributed by atoms with Gasteiger partial charge in [-0.05, 0) is 36.2 Å². The molecule has 0 aromatic heterocycles. The average molecular weight is 336 g/mol. The van der Waals surface area contributed by atoms with Gasteiger partial charge in [0.2, 0.25) is 0 Å². The first-order chi connectivity index (χ1) is 11.0. The lowest BCUT2D eigenvalue weighted by Gasteiger charge is -2.08. The molecule has 0 heterocycles. The number of hydrogen-bond acceptors (Lipinski definition) is 3. The number of rotatable bonds is 5. The first kappa shape index (κ1) is 17.0. The van der Waals surface area contributed by atoms with Crippen LogP contribution in [0.5, 0.6) is 0 Å². The summed E-state index contributed by atoms with van der Waals surface area (Å²) in [6.07, 6.45) is 0. The first-order valence-electron chi connectivity index (χ1n) is 6.91. The highest BCUT2D eigenvalue weighted by Crippen LogP contribution is 2.14. The second kappa shape index (κ2) is 7.74. The lowest BCUT2D eigenvalue weighted by molar-refractivity contribution is -0.124. The van der Waals surface area contributed by atoms with Gasteiger partial charge in [0.05, 0.1) is 5.56 Å². The van der Waals surface area contributed by atoms with Crippen LogP contribution in [0.2, 0.25) is 5.02 Å². The molecular weight excluding hydrogens is 321 g/mol. The van der Waals surface area contributed by atoms with Crippen molar-refractivity contribution >= 4 is 23.5 Å². The first-order valence-corrected chi connectivity index (χ1v) is 7.28. The summed E-state index contributed by atoms with van der Waals surface area (Å²) in [5.41, 5.74) is 1.25. The fourth-order valence-electron chi connectivity index (χ4n) is 1.82. The standard InChI is InChI=1S/C17H15ClFNO3/c1-11-6-7-12(8-15(11)19)17(22)23-10-16(21)20-9-13-4-2-3-5-14(13)18/h2-8H,9-10H2,1H3,(H,20,21). The summed E-state index contributed by atoms with van der Waals surface area (Å²) in [6.45, 7) is 1.38. The molecule has 1 amide bonds. The van der Waals surface area contributed by atoms with E-state index in [1.165, 1.54) is 12.1 Å². The van der Waals surface area contributed by atoms with Crippen molar-refractivity contribution in [3.8, 4) is 0 Å². The zero-order chi connectivity index (χ0) is 16.8. The van der Waals surface area contributed by atoms with Crippen LogP contribution in [0.25, 0.3) is 0 Å². The predicted octanol–water partition coefficient (Wildman–Crippen LogP) is 3.26. The normalized spacial score (nSPS) is 10.2. The molecule has 0 atom stereocenters. The van der Waals surface area contributed by atoms with Gasteiger partial charge in [-0.1, -0.05) is 35.9 Å². The summed E-state index contributed by atoms with van der Waals surface area (Å²) in [7, 11) is 0. The van der Waals surface area contributed by atoms with E-state index in [0.29, 0.717) is 10.6 Å². The van der Waals surface area contributed by atoms with Crippen molar-refractivity contribution in [2.75, 3.05) is 6.61 Å². The molecule has 23 heavy (non-hydrogen) atoms. The molecule has 0 aliphatic rings. The van der Waals surface area contributed by atoms with Crippen LogP contribution in [0, 0.1) is 12.7 Å². The molecule has 4 nitrogen and oxygen atoms in total. The van der Waals surface area contributed by atoms with E-state index in [1.807, 2.05) is 0 Å². The van der Waals surface area contributed by atoms with Crippen molar-refractivity contribution in [1.29, 1.82) is 0 Å². The molecular formula is C17H15ClFNO3. The van der Waals surface area contributed by atoms with Crippen LogP contribution >= 0.6 is 11.6 Å². The number of benzene rings is 2.